The van der Waals surface area contributed by atoms with E-state index in [-0.39, 0.29) is 0 Å². The highest BCUT2D eigenvalue weighted by molar-refractivity contribution is 5.79. The van der Waals surface area contributed by atoms with E-state index in [1.807, 2.05) is 7.05 Å². The van der Waals surface area contributed by atoms with Gasteiger partial charge in [0.1, 0.15) is 0 Å². The first-order valence-electron chi connectivity index (χ1n) is 11.1. The maximum Gasteiger partial charge on any atom is 0.191 e. The van der Waals surface area contributed by atoms with Crippen molar-refractivity contribution in [1.29, 1.82) is 0 Å². The van der Waals surface area contributed by atoms with Crippen molar-refractivity contribution in [1.82, 2.24) is 20.4 Å². The molecule has 2 unspecified atom stereocenters. The van der Waals surface area contributed by atoms with Gasteiger partial charge >= 0.3 is 0 Å². The molecular weight excluding hydrogens is 346 g/mol. The van der Waals surface area contributed by atoms with Gasteiger partial charge in [-0.3, -0.25) is 9.89 Å². The molecule has 0 radical (unpaired) electrons. The zero-order chi connectivity index (χ0) is 19.8. The van der Waals surface area contributed by atoms with Crippen molar-refractivity contribution < 1.29 is 0 Å². The predicted octanol–water partition coefficient (Wildman–Crippen LogP) is 2.94. The molecule has 28 heavy (non-hydrogen) atoms. The molecule has 156 valence electrons. The Hall–Kier alpha value is -1.59. The number of hydrogen-bond donors (Lipinski definition) is 2. The Labute approximate surface area is 171 Å². The normalized spacial score (nSPS) is 25.6. The molecule has 0 saturated carbocycles. The molecule has 2 aliphatic rings. The van der Waals surface area contributed by atoms with Crippen molar-refractivity contribution >= 4 is 5.96 Å². The summed E-state index contributed by atoms with van der Waals surface area (Å²) in [5.74, 6) is 1.85. The zero-order valence-corrected chi connectivity index (χ0v) is 18.0. The summed E-state index contributed by atoms with van der Waals surface area (Å²) in [5, 5.41) is 7.18. The maximum atomic E-state index is 4.45. The Kier molecular flexibility index (Phi) is 8.16. The summed E-state index contributed by atoms with van der Waals surface area (Å²) in [4.78, 5) is 9.62. The van der Waals surface area contributed by atoms with E-state index in [1.165, 1.54) is 37.9 Å². The lowest BCUT2D eigenvalue weighted by Crippen LogP contribution is -2.52. The summed E-state index contributed by atoms with van der Waals surface area (Å²) in [6, 6.07) is 11.9. The molecule has 0 aromatic heterocycles. The van der Waals surface area contributed by atoms with E-state index in [1.54, 1.807) is 0 Å². The number of piperidine rings is 2. The van der Waals surface area contributed by atoms with Crippen molar-refractivity contribution in [2.24, 2.45) is 10.9 Å². The van der Waals surface area contributed by atoms with E-state index >= 15 is 0 Å². The Balaban J connectivity index is 1.37. The SMILES string of the molecule is CN=C(NCCN1CCC(C)CC1)NC1CCN(Cc2ccccc2)C(C)C1. The number of nitrogens with zero attached hydrogens (tertiary/aromatic N) is 3. The third kappa shape index (κ3) is 6.49. The van der Waals surface area contributed by atoms with E-state index in [9.17, 15) is 0 Å². The van der Waals surface area contributed by atoms with Gasteiger partial charge in [0.25, 0.3) is 0 Å². The minimum Gasteiger partial charge on any atom is -0.355 e. The maximum absolute atomic E-state index is 4.45. The molecule has 0 spiro atoms. The van der Waals surface area contributed by atoms with Crippen LogP contribution in [0.1, 0.15) is 45.1 Å². The van der Waals surface area contributed by atoms with Crippen molar-refractivity contribution in [3.63, 3.8) is 0 Å². The first-order valence-corrected chi connectivity index (χ1v) is 11.1. The second kappa shape index (κ2) is 10.8. The van der Waals surface area contributed by atoms with Gasteiger partial charge in [-0.1, -0.05) is 37.3 Å². The minimum atomic E-state index is 0.504. The van der Waals surface area contributed by atoms with Crippen LogP contribution >= 0.6 is 0 Å². The van der Waals surface area contributed by atoms with Crippen LogP contribution in [0.25, 0.3) is 0 Å². The first-order chi connectivity index (χ1) is 13.6. The molecule has 3 rings (SSSR count). The lowest BCUT2D eigenvalue weighted by molar-refractivity contribution is 0.134. The van der Waals surface area contributed by atoms with Gasteiger partial charge in [0.05, 0.1) is 0 Å². The van der Waals surface area contributed by atoms with Crippen LogP contribution in [-0.2, 0) is 6.54 Å². The molecule has 1 aromatic rings. The molecule has 2 fully saturated rings. The van der Waals surface area contributed by atoms with Crippen molar-refractivity contribution in [3.05, 3.63) is 35.9 Å². The number of likely N-dealkylation sites (tertiary alicyclic amines) is 2. The molecule has 2 heterocycles. The fourth-order valence-corrected chi connectivity index (χ4v) is 4.41. The summed E-state index contributed by atoms with van der Waals surface area (Å²) in [5.41, 5.74) is 1.41. The monoisotopic (exact) mass is 385 g/mol. The highest BCUT2D eigenvalue weighted by Gasteiger charge is 2.26. The largest absolute Gasteiger partial charge is 0.355 e. The second-order valence-corrected chi connectivity index (χ2v) is 8.69. The van der Waals surface area contributed by atoms with Crippen LogP contribution in [0, 0.1) is 5.92 Å². The fourth-order valence-electron chi connectivity index (χ4n) is 4.41. The Bertz CT molecular complexity index is 594. The summed E-state index contributed by atoms with van der Waals surface area (Å²) in [6.07, 6.45) is 5.01. The van der Waals surface area contributed by atoms with Crippen molar-refractivity contribution in [3.8, 4) is 0 Å². The standard InChI is InChI=1S/C23H39N5/c1-19-9-13-27(14-10-19)16-12-25-23(24-3)26-22-11-15-28(20(2)17-22)18-21-7-5-4-6-8-21/h4-8,19-20,22H,9-18H2,1-3H3,(H2,24,25,26). The molecule has 2 N–H and O–H groups in total. The number of aliphatic imine (C=N–C) groups is 1. The molecule has 5 heteroatoms. The van der Waals surface area contributed by atoms with Crippen LogP contribution in [0.15, 0.2) is 35.3 Å². The van der Waals surface area contributed by atoms with Crippen LogP contribution < -0.4 is 10.6 Å². The van der Waals surface area contributed by atoms with Crippen molar-refractivity contribution in [2.75, 3.05) is 39.8 Å². The van der Waals surface area contributed by atoms with Crippen LogP contribution in [-0.4, -0.2) is 67.6 Å². The summed E-state index contributed by atoms with van der Waals surface area (Å²) >= 11 is 0. The van der Waals surface area contributed by atoms with E-state index in [0.717, 1.165) is 44.5 Å². The first kappa shape index (κ1) is 21.1. The lowest BCUT2D eigenvalue weighted by atomic mass is 9.97. The van der Waals surface area contributed by atoms with Gasteiger partial charge in [-0.2, -0.15) is 0 Å². The van der Waals surface area contributed by atoms with E-state index in [4.69, 9.17) is 0 Å². The molecule has 2 atom stereocenters. The summed E-state index contributed by atoms with van der Waals surface area (Å²) < 4.78 is 0. The van der Waals surface area contributed by atoms with Gasteiger partial charge in [0.15, 0.2) is 5.96 Å². The van der Waals surface area contributed by atoms with Gasteiger partial charge in [-0.15, -0.1) is 0 Å². The van der Waals surface area contributed by atoms with Crippen LogP contribution in [0.3, 0.4) is 0 Å². The molecule has 0 bridgehead atoms. The molecule has 1 aromatic carbocycles. The predicted molar refractivity (Wildman–Crippen MR) is 119 cm³/mol. The number of nitrogens with one attached hydrogen (secondary N) is 2. The third-order valence-electron chi connectivity index (χ3n) is 6.40. The average molecular weight is 386 g/mol. The number of benzene rings is 1. The highest BCUT2D eigenvalue weighted by Crippen LogP contribution is 2.20. The molecular formula is C23H39N5. The Morgan fingerprint density at radius 2 is 1.82 bits per heavy atom. The van der Waals surface area contributed by atoms with Gasteiger partial charge in [0, 0.05) is 45.3 Å². The van der Waals surface area contributed by atoms with E-state index < -0.39 is 0 Å². The van der Waals surface area contributed by atoms with Crippen LogP contribution in [0.4, 0.5) is 0 Å². The molecule has 2 saturated heterocycles. The van der Waals surface area contributed by atoms with Gasteiger partial charge in [0.2, 0.25) is 0 Å². The molecule has 5 nitrogen and oxygen atoms in total. The highest BCUT2D eigenvalue weighted by atomic mass is 15.2. The van der Waals surface area contributed by atoms with E-state index in [0.29, 0.717) is 12.1 Å². The second-order valence-electron chi connectivity index (χ2n) is 8.69. The van der Waals surface area contributed by atoms with Gasteiger partial charge in [-0.25, -0.2) is 0 Å². The quantitative estimate of drug-likeness (QED) is 0.584. The molecule has 0 amide bonds. The van der Waals surface area contributed by atoms with Crippen LogP contribution in [0.2, 0.25) is 0 Å². The minimum absolute atomic E-state index is 0.504. The Morgan fingerprint density at radius 1 is 1.07 bits per heavy atom. The lowest BCUT2D eigenvalue weighted by Gasteiger charge is -2.38. The fraction of sp³-hybridized carbons (Fsp3) is 0.696. The Morgan fingerprint density at radius 3 is 2.50 bits per heavy atom. The topological polar surface area (TPSA) is 42.9 Å². The number of hydrogen-bond acceptors (Lipinski definition) is 3. The van der Waals surface area contributed by atoms with Crippen molar-refractivity contribution in [2.45, 2.75) is 58.2 Å². The van der Waals surface area contributed by atoms with Crippen LogP contribution in [0.5, 0.6) is 0 Å². The smallest absolute Gasteiger partial charge is 0.191 e. The van der Waals surface area contributed by atoms with E-state index in [2.05, 4.69) is 69.6 Å². The summed E-state index contributed by atoms with van der Waals surface area (Å²) in [7, 11) is 1.88. The van der Waals surface area contributed by atoms with Gasteiger partial charge < -0.3 is 15.5 Å². The number of rotatable bonds is 6. The van der Waals surface area contributed by atoms with Gasteiger partial charge in [-0.05, 0) is 57.2 Å². The summed E-state index contributed by atoms with van der Waals surface area (Å²) in [6.45, 7) is 11.5. The zero-order valence-electron chi connectivity index (χ0n) is 18.0. The third-order valence-corrected chi connectivity index (χ3v) is 6.40. The number of guanidine groups is 1. The average Bonchev–Trinajstić information content (AvgIpc) is 2.71. The molecule has 2 aliphatic heterocycles. The molecule has 0 aliphatic carbocycles.